The van der Waals surface area contributed by atoms with Crippen LogP contribution in [0.4, 0.5) is 0 Å². The van der Waals surface area contributed by atoms with E-state index in [-0.39, 0.29) is 11.4 Å². The van der Waals surface area contributed by atoms with Crippen molar-refractivity contribution in [1.29, 1.82) is 0 Å². The van der Waals surface area contributed by atoms with Crippen LogP contribution in [0.15, 0.2) is 23.1 Å². The highest BCUT2D eigenvalue weighted by molar-refractivity contribution is 7.89. The summed E-state index contributed by atoms with van der Waals surface area (Å²) < 4.78 is 36.7. The second kappa shape index (κ2) is 6.31. The number of likely N-dealkylation sites (N-methyl/N-ethyl adjacent to an activating group) is 1. The van der Waals surface area contributed by atoms with Gasteiger partial charge in [-0.05, 0) is 12.1 Å². The van der Waals surface area contributed by atoms with Gasteiger partial charge in [0.2, 0.25) is 10.0 Å². The zero-order chi connectivity index (χ0) is 15.5. The summed E-state index contributed by atoms with van der Waals surface area (Å²) in [5.41, 5.74) is 0. The van der Waals surface area contributed by atoms with Crippen LogP contribution < -0.4 is 9.47 Å². The maximum absolute atomic E-state index is 12.4. The number of rotatable bonds is 5. The molecule has 116 valence electrons. The van der Waals surface area contributed by atoms with Crippen molar-refractivity contribution in [3.8, 4) is 11.5 Å². The SMILES string of the molecule is CCN(CC(=O)O)S(=O)(=O)c1ccc2c(c1)OCCCO2. The van der Waals surface area contributed by atoms with Gasteiger partial charge in [-0.1, -0.05) is 6.92 Å². The van der Waals surface area contributed by atoms with E-state index in [2.05, 4.69) is 0 Å². The summed E-state index contributed by atoms with van der Waals surface area (Å²) in [5, 5.41) is 8.80. The molecule has 1 aromatic rings. The quantitative estimate of drug-likeness (QED) is 0.869. The first-order valence-electron chi connectivity index (χ1n) is 6.56. The molecule has 0 aliphatic carbocycles. The number of aliphatic carboxylic acids is 1. The summed E-state index contributed by atoms with van der Waals surface area (Å²) >= 11 is 0. The van der Waals surface area contributed by atoms with Crippen molar-refractivity contribution in [3.05, 3.63) is 18.2 Å². The first-order valence-corrected chi connectivity index (χ1v) is 8.00. The molecule has 1 aliphatic heterocycles. The third-order valence-electron chi connectivity index (χ3n) is 3.02. The molecule has 8 heteroatoms. The molecule has 1 N–H and O–H groups in total. The van der Waals surface area contributed by atoms with Gasteiger partial charge in [-0.15, -0.1) is 0 Å². The number of benzene rings is 1. The summed E-state index contributed by atoms with van der Waals surface area (Å²) in [6, 6.07) is 4.30. The van der Waals surface area contributed by atoms with Crippen LogP contribution >= 0.6 is 0 Å². The summed E-state index contributed by atoms with van der Waals surface area (Å²) in [6.45, 7) is 2.04. The molecule has 0 saturated carbocycles. The normalized spacial score (nSPS) is 14.8. The Kier molecular flexibility index (Phi) is 4.69. The zero-order valence-electron chi connectivity index (χ0n) is 11.6. The maximum Gasteiger partial charge on any atom is 0.318 e. The highest BCUT2D eigenvalue weighted by atomic mass is 32.2. The minimum absolute atomic E-state index is 0.00477. The van der Waals surface area contributed by atoms with E-state index < -0.39 is 22.5 Å². The maximum atomic E-state index is 12.4. The molecule has 7 nitrogen and oxygen atoms in total. The van der Waals surface area contributed by atoms with Crippen molar-refractivity contribution in [1.82, 2.24) is 4.31 Å². The smallest absolute Gasteiger partial charge is 0.318 e. The van der Waals surface area contributed by atoms with Gasteiger partial charge >= 0.3 is 5.97 Å². The number of ether oxygens (including phenoxy) is 2. The molecule has 1 heterocycles. The Labute approximate surface area is 123 Å². The summed E-state index contributed by atoms with van der Waals surface area (Å²) in [6.07, 6.45) is 0.719. The van der Waals surface area contributed by atoms with Crippen molar-refractivity contribution in [2.45, 2.75) is 18.2 Å². The molecule has 0 radical (unpaired) electrons. The van der Waals surface area contributed by atoms with Gasteiger partial charge in [0.05, 0.1) is 18.1 Å². The molecule has 0 atom stereocenters. The topological polar surface area (TPSA) is 93.1 Å². The van der Waals surface area contributed by atoms with E-state index in [1.165, 1.54) is 18.2 Å². The van der Waals surface area contributed by atoms with Gasteiger partial charge < -0.3 is 14.6 Å². The van der Waals surface area contributed by atoms with Crippen molar-refractivity contribution in [2.24, 2.45) is 0 Å². The van der Waals surface area contributed by atoms with Gasteiger partial charge in [0, 0.05) is 19.0 Å². The Hall–Kier alpha value is -1.80. The van der Waals surface area contributed by atoms with Crippen LogP contribution in [0, 0.1) is 0 Å². The number of fused-ring (bicyclic) bond motifs is 1. The number of carboxylic acid groups (broad SMARTS) is 1. The third-order valence-corrected chi connectivity index (χ3v) is 4.94. The molecule has 0 bridgehead atoms. The second-order valence-corrected chi connectivity index (χ2v) is 6.42. The van der Waals surface area contributed by atoms with Crippen molar-refractivity contribution >= 4 is 16.0 Å². The molecule has 0 amide bonds. The summed E-state index contributed by atoms with van der Waals surface area (Å²) in [4.78, 5) is 10.8. The Morgan fingerprint density at radius 3 is 2.57 bits per heavy atom. The first kappa shape index (κ1) is 15.6. The lowest BCUT2D eigenvalue weighted by molar-refractivity contribution is -0.137. The lowest BCUT2D eigenvalue weighted by atomic mass is 10.3. The summed E-state index contributed by atoms with van der Waals surface area (Å²) in [5.74, 6) is -0.345. The average molecular weight is 315 g/mol. The van der Waals surface area contributed by atoms with Gasteiger partial charge in [0.1, 0.15) is 6.54 Å². The van der Waals surface area contributed by atoms with Gasteiger partial charge in [0.15, 0.2) is 11.5 Å². The Bertz CT molecular complexity index is 628. The average Bonchev–Trinajstić information content (AvgIpc) is 2.68. The van der Waals surface area contributed by atoms with Crippen LogP contribution in [0.3, 0.4) is 0 Å². The minimum atomic E-state index is -3.87. The Morgan fingerprint density at radius 2 is 1.95 bits per heavy atom. The van der Waals surface area contributed by atoms with Crippen molar-refractivity contribution in [3.63, 3.8) is 0 Å². The largest absolute Gasteiger partial charge is 0.490 e. The van der Waals surface area contributed by atoms with Crippen LogP contribution in [0.1, 0.15) is 13.3 Å². The predicted octanol–water partition coefficient (Wildman–Crippen LogP) is 0.943. The molecule has 0 saturated heterocycles. The molecule has 1 aliphatic rings. The second-order valence-electron chi connectivity index (χ2n) is 4.48. The van der Waals surface area contributed by atoms with Crippen molar-refractivity contribution in [2.75, 3.05) is 26.3 Å². The first-order chi connectivity index (χ1) is 9.95. The fourth-order valence-corrected chi connectivity index (χ4v) is 3.39. The lowest BCUT2D eigenvalue weighted by Crippen LogP contribution is -2.35. The van der Waals surface area contributed by atoms with Crippen LogP contribution in [0.5, 0.6) is 11.5 Å². The highest BCUT2D eigenvalue weighted by Gasteiger charge is 2.26. The van der Waals surface area contributed by atoms with Crippen LogP contribution in [0.2, 0.25) is 0 Å². The predicted molar refractivity (Wildman–Crippen MR) is 74.1 cm³/mol. The van der Waals surface area contributed by atoms with Gasteiger partial charge in [0.25, 0.3) is 0 Å². The number of hydrogen-bond donors (Lipinski definition) is 1. The lowest BCUT2D eigenvalue weighted by Gasteiger charge is -2.19. The number of hydrogen-bond acceptors (Lipinski definition) is 5. The zero-order valence-corrected chi connectivity index (χ0v) is 12.4. The molecule has 0 unspecified atom stereocenters. The van der Waals surface area contributed by atoms with E-state index in [4.69, 9.17) is 14.6 Å². The third kappa shape index (κ3) is 3.45. The molecule has 1 aromatic carbocycles. The molecule has 2 rings (SSSR count). The van der Waals surface area contributed by atoms with E-state index in [0.717, 1.165) is 10.7 Å². The molecular weight excluding hydrogens is 298 g/mol. The fourth-order valence-electron chi connectivity index (χ4n) is 1.97. The number of carbonyl (C=O) groups is 1. The van der Waals surface area contributed by atoms with E-state index in [9.17, 15) is 13.2 Å². The van der Waals surface area contributed by atoms with Crippen LogP contribution in [0.25, 0.3) is 0 Å². The van der Waals surface area contributed by atoms with Gasteiger partial charge in [-0.25, -0.2) is 8.42 Å². The monoisotopic (exact) mass is 315 g/mol. The molecule has 21 heavy (non-hydrogen) atoms. The molecule has 0 spiro atoms. The van der Waals surface area contributed by atoms with Gasteiger partial charge in [-0.3, -0.25) is 4.79 Å². The molecule has 0 fully saturated rings. The van der Waals surface area contributed by atoms with Crippen LogP contribution in [-0.2, 0) is 14.8 Å². The van der Waals surface area contributed by atoms with E-state index >= 15 is 0 Å². The standard InChI is InChI=1S/C13H17NO6S/c1-2-14(9-13(15)16)21(17,18)10-4-5-11-12(8-10)20-7-3-6-19-11/h4-5,8H,2-3,6-7,9H2,1H3,(H,15,16). The van der Waals surface area contributed by atoms with E-state index in [0.29, 0.717) is 24.7 Å². The van der Waals surface area contributed by atoms with Gasteiger partial charge in [-0.2, -0.15) is 4.31 Å². The fraction of sp³-hybridized carbons (Fsp3) is 0.462. The highest BCUT2D eigenvalue weighted by Crippen LogP contribution is 2.32. The molecule has 0 aromatic heterocycles. The number of nitrogens with zero attached hydrogens (tertiary/aromatic N) is 1. The number of carboxylic acids is 1. The van der Waals surface area contributed by atoms with Crippen LogP contribution in [-0.4, -0.2) is 50.1 Å². The Morgan fingerprint density at radius 1 is 1.29 bits per heavy atom. The van der Waals surface area contributed by atoms with E-state index in [1.54, 1.807) is 6.92 Å². The Balaban J connectivity index is 2.35. The van der Waals surface area contributed by atoms with Crippen molar-refractivity contribution < 1.29 is 27.8 Å². The summed E-state index contributed by atoms with van der Waals surface area (Å²) in [7, 11) is -3.87. The van der Waals surface area contributed by atoms with E-state index in [1.807, 2.05) is 0 Å². The minimum Gasteiger partial charge on any atom is -0.490 e. The number of sulfonamides is 1. The molecular formula is C13H17NO6S.